The molecule has 0 saturated heterocycles. The molecule has 2 rings (SSSR count). The number of carboxylic acid groups (broad SMARTS) is 1. The Morgan fingerprint density at radius 2 is 2.08 bits per heavy atom. The summed E-state index contributed by atoms with van der Waals surface area (Å²) in [5, 5.41) is 11.9. The van der Waals surface area contributed by atoms with Crippen molar-refractivity contribution in [1.29, 1.82) is 0 Å². The molecule has 1 atom stereocenters. The highest BCUT2D eigenvalue weighted by molar-refractivity contribution is 5.86. The van der Waals surface area contributed by atoms with Gasteiger partial charge in [0.2, 0.25) is 0 Å². The second-order valence-electron chi connectivity index (χ2n) is 5.82. The van der Waals surface area contributed by atoms with Crippen LogP contribution in [0.3, 0.4) is 0 Å². The Morgan fingerprint density at radius 1 is 1.36 bits per heavy atom. The van der Waals surface area contributed by atoms with Gasteiger partial charge in [-0.15, -0.1) is 0 Å². The lowest BCUT2D eigenvalue weighted by Gasteiger charge is -2.13. The van der Waals surface area contributed by atoms with Crippen LogP contribution in [0.4, 0.5) is 0 Å². The minimum Gasteiger partial charge on any atom is -0.483 e. The van der Waals surface area contributed by atoms with Crippen LogP contribution in [0, 0.1) is 6.92 Å². The van der Waals surface area contributed by atoms with E-state index in [1.807, 2.05) is 6.92 Å². The molecule has 7 nitrogen and oxygen atoms in total. The number of carboxylic acids is 1. The van der Waals surface area contributed by atoms with Crippen molar-refractivity contribution in [2.24, 2.45) is 0 Å². The van der Waals surface area contributed by atoms with Crippen LogP contribution in [-0.2, 0) is 16.0 Å². The zero-order valence-electron chi connectivity index (χ0n) is 14.4. The van der Waals surface area contributed by atoms with Crippen LogP contribution in [0.1, 0.15) is 31.4 Å². The number of amides is 1. The van der Waals surface area contributed by atoms with Gasteiger partial charge in [-0.05, 0) is 38.0 Å². The maximum atomic E-state index is 11.8. The fourth-order valence-corrected chi connectivity index (χ4v) is 2.53. The molecule has 0 unspecified atom stereocenters. The van der Waals surface area contributed by atoms with Crippen molar-refractivity contribution < 1.29 is 23.8 Å². The number of aliphatic carboxylic acids is 1. The molecule has 0 aliphatic carbocycles. The van der Waals surface area contributed by atoms with Gasteiger partial charge in [0, 0.05) is 17.0 Å². The highest BCUT2D eigenvalue weighted by atomic mass is 16.5. The van der Waals surface area contributed by atoms with E-state index < -0.39 is 23.5 Å². The van der Waals surface area contributed by atoms with E-state index in [2.05, 4.69) is 5.32 Å². The molecule has 1 aromatic heterocycles. The van der Waals surface area contributed by atoms with Crippen LogP contribution in [0.25, 0.3) is 11.0 Å². The van der Waals surface area contributed by atoms with Crippen LogP contribution in [0.15, 0.2) is 27.4 Å². The molecule has 134 valence electrons. The predicted octanol–water partition coefficient (Wildman–Crippen LogP) is 2.02. The van der Waals surface area contributed by atoms with Crippen LogP contribution < -0.4 is 15.7 Å². The predicted molar refractivity (Wildman–Crippen MR) is 92.0 cm³/mol. The summed E-state index contributed by atoms with van der Waals surface area (Å²) in [5.74, 6) is -1.27. The monoisotopic (exact) mass is 347 g/mol. The number of carbonyl (C=O) groups is 2. The Labute approximate surface area is 144 Å². The third-order valence-electron chi connectivity index (χ3n) is 3.82. The first kappa shape index (κ1) is 18.5. The lowest BCUT2D eigenvalue weighted by molar-refractivity contribution is -0.141. The number of carbonyl (C=O) groups excluding carboxylic acids is 1. The first-order valence-electron chi connectivity index (χ1n) is 8.04. The molecule has 0 aliphatic rings. The van der Waals surface area contributed by atoms with Crippen molar-refractivity contribution in [3.05, 3.63) is 39.7 Å². The summed E-state index contributed by atoms with van der Waals surface area (Å²) >= 11 is 0. The fraction of sp³-hybridized carbons (Fsp3) is 0.389. The summed E-state index contributed by atoms with van der Waals surface area (Å²) < 4.78 is 10.8. The van der Waals surface area contributed by atoms with E-state index in [-0.39, 0.29) is 6.61 Å². The standard InChI is InChI=1S/C18H21NO6/c1-4-5-12-8-16(21)25-17-10(2)14(7-6-13(12)17)24-9-15(20)19-11(3)18(22)23/h6-8,11H,4-5,9H2,1-3H3,(H,19,20)(H,22,23)/t11-/m0/s1. The van der Waals surface area contributed by atoms with Gasteiger partial charge in [-0.3, -0.25) is 9.59 Å². The van der Waals surface area contributed by atoms with Gasteiger partial charge in [0.05, 0.1) is 0 Å². The van der Waals surface area contributed by atoms with E-state index in [0.717, 1.165) is 23.8 Å². The number of hydrogen-bond donors (Lipinski definition) is 2. The van der Waals surface area contributed by atoms with Crippen LogP contribution in [0.2, 0.25) is 0 Å². The minimum absolute atomic E-state index is 0.331. The Kier molecular flexibility index (Phi) is 5.80. The number of fused-ring (bicyclic) bond motifs is 1. The molecule has 1 aromatic carbocycles. The summed E-state index contributed by atoms with van der Waals surface area (Å²) in [7, 11) is 0. The van der Waals surface area contributed by atoms with Crippen molar-refractivity contribution in [3.63, 3.8) is 0 Å². The quantitative estimate of drug-likeness (QED) is 0.742. The summed E-state index contributed by atoms with van der Waals surface area (Å²) in [5.41, 5.74) is 1.54. The van der Waals surface area contributed by atoms with Gasteiger partial charge in [0.15, 0.2) is 6.61 Å². The smallest absolute Gasteiger partial charge is 0.336 e. The number of aryl methyl sites for hydroxylation is 2. The fourth-order valence-electron chi connectivity index (χ4n) is 2.53. The highest BCUT2D eigenvalue weighted by Crippen LogP contribution is 2.28. The van der Waals surface area contributed by atoms with E-state index in [4.69, 9.17) is 14.3 Å². The minimum atomic E-state index is -1.12. The van der Waals surface area contributed by atoms with Gasteiger partial charge >= 0.3 is 11.6 Å². The van der Waals surface area contributed by atoms with E-state index in [0.29, 0.717) is 16.9 Å². The molecule has 1 heterocycles. The van der Waals surface area contributed by atoms with Gasteiger partial charge in [0.1, 0.15) is 17.4 Å². The van der Waals surface area contributed by atoms with E-state index >= 15 is 0 Å². The van der Waals surface area contributed by atoms with Gasteiger partial charge in [0.25, 0.3) is 5.91 Å². The molecule has 2 aromatic rings. The Bertz CT molecular complexity index is 855. The molecular weight excluding hydrogens is 326 g/mol. The molecule has 25 heavy (non-hydrogen) atoms. The average molecular weight is 347 g/mol. The van der Waals surface area contributed by atoms with E-state index in [1.54, 1.807) is 19.1 Å². The first-order valence-corrected chi connectivity index (χ1v) is 8.04. The van der Waals surface area contributed by atoms with E-state index in [1.165, 1.54) is 13.0 Å². The van der Waals surface area contributed by atoms with Crippen LogP contribution in [0.5, 0.6) is 5.75 Å². The number of benzene rings is 1. The van der Waals surface area contributed by atoms with Gasteiger partial charge in [-0.1, -0.05) is 13.3 Å². The molecule has 1 amide bonds. The van der Waals surface area contributed by atoms with E-state index in [9.17, 15) is 14.4 Å². The summed E-state index contributed by atoms with van der Waals surface area (Å²) in [6.07, 6.45) is 1.66. The topological polar surface area (TPSA) is 106 Å². The first-order chi connectivity index (χ1) is 11.8. The number of rotatable bonds is 7. The maximum Gasteiger partial charge on any atom is 0.336 e. The zero-order valence-corrected chi connectivity index (χ0v) is 14.4. The summed E-state index contributed by atoms with van der Waals surface area (Å²) in [6.45, 7) is 4.81. The van der Waals surface area contributed by atoms with Gasteiger partial charge in [-0.2, -0.15) is 0 Å². The molecule has 0 radical (unpaired) electrons. The summed E-state index contributed by atoms with van der Waals surface area (Å²) in [4.78, 5) is 34.2. The third kappa shape index (κ3) is 4.37. The van der Waals surface area contributed by atoms with Crippen molar-refractivity contribution in [3.8, 4) is 5.75 Å². The molecule has 0 bridgehead atoms. The molecule has 7 heteroatoms. The van der Waals surface area contributed by atoms with Crippen molar-refractivity contribution in [2.75, 3.05) is 6.61 Å². The molecular formula is C18H21NO6. The lowest BCUT2D eigenvalue weighted by atomic mass is 10.0. The summed E-state index contributed by atoms with van der Waals surface area (Å²) in [6, 6.07) is 4.00. The van der Waals surface area contributed by atoms with Crippen LogP contribution in [-0.4, -0.2) is 29.6 Å². The van der Waals surface area contributed by atoms with Crippen molar-refractivity contribution in [1.82, 2.24) is 5.32 Å². The second-order valence-corrected chi connectivity index (χ2v) is 5.82. The van der Waals surface area contributed by atoms with Gasteiger partial charge < -0.3 is 19.6 Å². The number of ether oxygens (including phenoxy) is 1. The molecule has 0 fully saturated rings. The third-order valence-corrected chi connectivity index (χ3v) is 3.82. The number of hydrogen-bond acceptors (Lipinski definition) is 5. The second kappa shape index (κ2) is 7.83. The molecule has 2 N–H and O–H groups in total. The maximum absolute atomic E-state index is 11.8. The SMILES string of the molecule is CCCc1cc(=O)oc2c(C)c(OCC(=O)N[C@@H](C)C(=O)O)ccc12. The lowest BCUT2D eigenvalue weighted by Crippen LogP contribution is -2.40. The average Bonchev–Trinajstić information content (AvgIpc) is 2.55. The Morgan fingerprint density at radius 3 is 2.72 bits per heavy atom. The molecule has 0 spiro atoms. The number of nitrogens with one attached hydrogen (secondary N) is 1. The van der Waals surface area contributed by atoms with Crippen molar-refractivity contribution >= 4 is 22.8 Å². The van der Waals surface area contributed by atoms with Gasteiger partial charge in [-0.25, -0.2) is 4.79 Å². The van der Waals surface area contributed by atoms with Crippen molar-refractivity contribution in [2.45, 2.75) is 39.7 Å². The highest BCUT2D eigenvalue weighted by Gasteiger charge is 2.16. The Balaban J connectivity index is 2.23. The molecule has 0 saturated carbocycles. The van der Waals surface area contributed by atoms with Crippen LogP contribution >= 0.6 is 0 Å². The largest absolute Gasteiger partial charge is 0.483 e. The molecule has 0 aliphatic heterocycles. The zero-order chi connectivity index (χ0) is 18.6. The Hall–Kier alpha value is -2.83. The normalized spacial score (nSPS) is 12.0.